The zero-order valence-electron chi connectivity index (χ0n) is 23.9. The summed E-state index contributed by atoms with van der Waals surface area (Å²) in [6, 6.07) is -6.79. The predicted octanol–water partition coefficient (Wildman–Crippen LogP) is -2.76. The maximum atomic E-state index is 13.1. The van der Waals surface area contributed by atoms with Gasteiger partial charge in [0.15, 0.2) is 0 Å². The molecule has 0 fully saturated rings. The minimum absolute atomic E-state index is 0.0626. The number of hydrogen-bond donors (Lipinski definition) is 10. The highest BCUT2D eigenvalue weighted by Crippen LogP contribution is 2.43. The van der Waals surface area contributed by atoms with E-state index in [0.717, 1.165) is 0 Å². The molecular formula is C23H38N5O16P. The van der Waals surface area contributed by atoms with Crippen LogP contribution in [0.1, 0.15) is 57.8 Å². The van der Waals surface area contributed by atoms with Gasteiger partial charge < -0.3 is 52.4 Å². The average molecular weight is 672 g/mol. The molecule has 0 aromatic rings. The van der Waals surface area contributed by atoms with Crippen LogP contribution in [0.15, 0.2) is 0 Å². The van der Waals surface area contributed by atoms with Gasteiger partial charge in [0.1, 0.15) is 18.1 Å². The van der Waals surface area contributed by atoms with Gasteiger partial charge in [-0.15, -0.1) is 0 Å². The number of hydrogen-bond acceptors (Lipinski definition) is 13. The predicted molar refractivity (Wildman–Crippen MR) is 147 cm³/mol. The zero-order chi connectivity index (χ0) is 34.7. The van der Waals surface area contributed by atoms with E-state index in [2.05, 4.69) is 19.7 Å². The van der Waals surface area contributed by atoms with E-state index in [1.54, 1.807) is 0 Å². The van der Waals surface area contributed by atoms with Crippen molar-refractivity contribution in [3.05, 3.63) is 0 Å². The molecule has 0 radical (unpaired) electrons. The van der Waals surface area contributed by atoms with Gasteiger partial charge >= 0.3 is 37.7 Å². The molecule has 0 aromatic carbocycles. The number of carboxylic acids is 4. The third kappa shape index (κ3) is 19.0. The molecule has 0 bridgehead atoms. The van der Waals surface area contributed by atoms with Crippen LogP contribution in [0.2, 0.25) is 0 Å². The van der Waals surface area contributed by atoms with Gasteiger partial charge in [0, 0.05) is 25.7 Å². The molecule has 21 nitrogen and oxygen atoms in total. The highest BCUT2D eigenvalue weighted by Gasteiger charge is 2.35. The van der Waals surface area contributed by atoms with Crippen molar-refractivity contribution in [3.63, 3.8) is 0 Å². The summed E-state index contributed by atoms with van der Waals surface area (Å²) < 4.78 is 21.0. The van der Waals surface area contributed by atoms with Gasteiger partial charge in [0.05, 0.1) is 12.6 Å². The summed E-state index contributed by atoms with van der Waals surface area (Å²) >= 11 is 0. The smallest absolute Gasteiger partial charge is 0.481 e. The summed E-state index contributed by atoms with van der Waals surface area (Å²) in [7, 11) is -5.04. The number of nitrogens with one attached hydrogen (secondary N) is 3. The lowest BCUT2D eigenvalue weighted by Gasteiger charge is -2.25. The molecule has 22 heteroatoms. The third-order valence-electron chi connectivity index (χ3n) is 5.62. The fourth-order valence-electron chi connectivity index (χ4n) is 3.29. The number of aliphatic carboxylic acids is 4. The Morgan fingerprint density at radius 2 is 1.02 bits per heavy atom. The summed E-state index contributed by atoms with van der Waals surface area (Å²) in [5, 5.41) is 42.2. The van der Waals surface area contributed by atoms with E-state index in [1.807, 2.05) is 5.32 Å². The first-order valence-corrected chi connectivity index (χ1v) is 14.8. The van der Waals surface area contributed by atoms with Crippen LogP contribution >= 0.6 is 7.82 Å². The van der Waals surface area contributed by atoms with Gasteiger partial charge in [0.2, 0.25) is 17.7 Å². The lowest BCUT2D eigenvalue weighted by atomic mass is 10.1. The minimum Gasteiger partial charge on any atom is -0.481 e. The molecule has 0 saturated heterocycles. The topological polar surface area (TPSA) is 361 Å². The highest BCUT2D eigenvalue weighted by molar-refractivity contribution is 7.48. The lowest BCUT2D eigenvalue weighted by molar-refractivity contribution is -0.143. The molecule has 12 N–H and O–H groups in total. The van der Waals surface area contributed by atoms with Crippen LogP contribution in [0.25, 0.3) is 0 Å². The Morgan fingerprint density at radius 3 is 1.44 bits per heavy atom. The van der Waals surface area contributed by atoms with Crippen molar-refractivity contribution in [3.8, 4) is 0 Å². The van der Waals surface area contributed by atoms with E-state index in [0.29, 0.717) is 0 Å². The molecule has 0 aromatic heterocycles. The van der Waals surface area contributed by atoms with Crippen LogP contribution in [0, 0.1) is 0 Å². The second-order valence-electron chi connectivity index (χ2n) is 9.37. The monoisotopic (exact) mass is 671 g/mol. The molecule has 0 heterocycles. The van der Waals surface area contributed by atoms with E-state index in [4.69, 9.17) is 31.9 Å². The minimum atomic E-state index is -5.04. The van der Waals surface area contributed by atoms with Gasteiger partial charge in [0.25, 0.3) is 0 Å². The third-order valence-corrected chi connectivity index (χ3v) is 6.54. The van der Waals surface area contributed by atoms with E-state index in [-0.39, 0.29) is 19.4 Å². The first-order chi connectivity index (χ1) is 20.9. The van der Waals surface area contributed by atoms with E-state index in [1.165, 1.54) is 0 Å². The Hall–Kier alpha value is -4.17. The first-order valence-electron chi connectivity index (χ1n) is 13.3. The van der Waals surface area contributed by atoms with Gasteiger partial charge in [-0.3, -0.25) is 43.0 Å². The van der Waals surface area contributed by atoms with E-state index in [9.17, 15) is 47.8 Å². The summed E-state index contributed by atoms with van der Waals surface area (Å²) in [4.78, 5) is 105. The number of carbonyl (C=O) groups is 8. The quantitative estimate of drug-likeness (QED) is 0.0367. The molecule has 256 valence electrons. The van der Waals surface area contributed by atoms with Crippen LogP contribution in [-0.4, -0.2) is 110 Å². The van der Waals surface area contributed by atoms with E-state index < -0.39 is 131 Å². The van der Waals surface area contributed by atoms with Crippen molar-refractivity contribution in [1.82, 2.24) is 16.0 Å². The maximum Gasteiger partial charge on any atom is 0.529 e. The Bertz CT molecular complexity index is 1130. The second kappa shape index (κ2) is 20.7. The normalized spacial score (nSPS) is 14.8. The molecule has 1 unspecified atom stereocenters. The Morgan fingerprint density at radius 1 is 0.644 bits per heavy atom. The van der Waals surface area contributed by atoms with Crippen LogP contribution in [0.5, 0.6) is 0 Å². The van der Waals surface area contributed by atoms with Gasteiger partial charge in [-0.05, 0) is 38.6 Å². The van der Waals surface area contributed by atoms with Crippen LogP contribution in [0.4, 0.5) is 0 Å². The summed E-state index contributed by atoms with van der Waals surface area (Å²) in [5.74, 6) is -10.6. The number of amides is 3. The molecule has 5 atom stereocenters. The largest absolute Gasteiger partial charge is 0.529 e. The zero-order valence-corrected chi connectivity index (χ0v) is 24.8. The SMILES string of the molecule is NCCCOP(=O)(O)OC(=O)[C@H](CCC(=O)O)NC(=O)[C@H](CCC(=O)O)NC(=O)[C@H](CCC(=O)O)NC(=O)[C@@H](N)CCC(=O)O. The number of phosphoric acid groups is 1. The number of rotatable bonds is 24. The van der Waals surface area contributed by atoms with Gasteiger partial charge in [-0.25, -0.2) is 9.36 Å². The average Bonchev–Trinajstić information content (AvgIpc) is 2.92. The van der Waals surface area contributed by atoms with Crippen molar-refractivity contribution in [2.24, 2.45) is 11.5 Å². The summed E-state index contributed by atoms with van der Waals surface area (Å²) in [6.45, 7) is -0.329. The molecule has 0 spiro atoms. The number of nitrogens with two attached hydrogens (primary N) is 2. The van der Waals surface area contributed by atoms with Crippen LogP contribution < -0.4 is 27.4 Å². The number of carbonyl (C=O) groups excluding carboxylic acids is 4. The summed E-state index contributed by atoms with van der Waals surface area (Å²) in [5.41, 5.74) is 10.9. The number of carboxylic acid groups (broad SMARTS) is 4. The number of phosphoric ester groups is 1. The van der Waals surface area contributed by atoms with Crippen molar-refractivity contribution in [1.29, 1.82) is 0 Å². The fourth-order valence-corrected chi connectivity index (χ4v) is 4.06. The molecule has 0 saturated carbocycles. The molecule has 3 amide bonds. The molecule has 0 aliphatic heterocycles. The molecular weight excluding hydrogens is 633 g/mol. The first kappa shape index (κ1) is 40.8. The second-order valence-corrected chi connectivity index (χ2v) is 10.8. The lowest BCUT2D eigenvalue weighted by Crippen LogP contribution is -2.57. The maximum absolute atomic E-state index is 13.1. The van der Waals surface area contributed by atoms with Crippen molar-refractivity contribution in [2.45, 2.75) is 82.0 Å². The Kier molecular flexibility index (Phi) is 18.8. The van der Waals surface area contributed by atoms with Crippen molar-refractivity contribution < 1.29 is 77.3 Å². The van der Waals surface area contributed by atoms with Gasteiger partial charge in [-0.1, -0.05) is 0 Å². The molecule has 0 rings (SSSR count). The summed E-state index contributed by atoms with van der Waals surface area (Å²) in [6.07, 6.45) is -4.78. The van der Waals surface area contributed by atoms with Crippen molar-refractivity contribution in [2.75, 3.05) is 13.2 Å². The molecule has 45 heavy (non-hydrogen) atoms. The van der Waals surface area contributed by atoms with Gasteiger partial charge in [-0.2, -0.15) is 0 Å². The fraction of sp³-hybridized carbons (Fsp3) is 0.652. The standard InChI is InChI=1S/C23H38N5O16P/c24-10-1-11-43-45(41,42)44-23(40)15(5-9-19(35)36)28-22(39)14(4-8-18(33)34)27-21(38)13(3-7-17(31)32)26-20(37)12(25)2-6-16(29)30/h12-15H,1-11,24-25H2,(H,26,37)(H,27,38)(H,28,39)(H,29,30)(H,31,32)(H,33,34)(H,35,36)(H,41,42)/t12-,13-,14-,15-/m0/s1. The van der Waals surface area contributed by atoms with E-state index >= 15 is 0 Å². The highest BCUT2D eigenvalue weighted by atomic mass is 31.2. The van der Waals surface area contributed by atoms with Crippen molar-refractivity contribution >= 4 is 55.4 Å². The Balaban J connectivity index is 5.98. The van der Waals surface area contributed by atoms with Crippen LogP contribution in [0.3, 0.4) is 0 Å². The van der Waals surface area contributed by atoms with Crippen LogP contribution in [-0.2, 0) is 52.0 Å². The molecule has 0 aliphatic carbocycles. The molecule has 0 aliphatic rings. The Labute approximate surface area is 255 Å².